The molecule has 0 unspecified atom stereocenters. The molecule has 0 saturated heterocycles. The molecule has 0 bridgehead atoms. The van der Waals surface area contributed by atoms with Gasteiger partial charge in [-0.2, -0.15) is 0 Å². The van der Waals surface area contributed by atoms with Gasteiger partial charge in [-0.25, -0.2) is 18.5 Å². The third kappa shape index (κ3) is 6.86. The Morgan fingerprint density at radius 1 is 1.16 bits per heavy atom. The van der Waals surface area contributed by atoms with Crippen LogP contribution in [0.15, 0.2) is 34.5 Å². The van der Waals surface area contributed by atoms with Gasteiger partial charge in [0, 0.05) is 39.1 Å². The van der Waals surface area contributed by atoms with Gasteiger partial charge in [0.25, 0.3) is 0 Å². The van der Waals surface area contributed by atoms with Crippen LogP contribution in [0.25, 0.3) is 0 Å². The Morgan fingerprint density at radius 3 is 1.95 bits per heavy atom. The van der Waals surface area contributed by atoms with E-state index in [1.807, 2.05) is 13.8 Å². The van der Waals surface area contributed by atoms with E-state index < -0.39 is 10.0 Å². The molecule has 1 radical (unpaired) electrons. The third-order valence-corrected chi connectivity index (χ3v) is 3.76. The van der Waals surface area contributed by atoms with E-state index >= 15 is 0 Å². The largest absolute Gasteiger partial charge is 0.399 e. The van der Waals surface area contributed by atoms with E-state index in [0.717, 1.165) is 10.7 Å². The van der Waals surface area contributed by atoms with Crippen LogP contribution in [0, 0.1) is 13.8 Å². The Labute approximate surface area is 132 Å². The topological polar surface area (TPSA) is 99.1 Å². The fourth-order valence-electron chi connectivity index (χ4n) is 1.13. The van der Waals surface area contributed by atoms with Crippen LogP contribution >= 0.6 is 11.3 Å². The van der Waals surface area contributed by atoms with E-state index in [-0.39, 0.29) is 27.3 Å². The molecule has 0 atom stereocenters. The zero-order valence-corrected chi connectivity index (χ0v) is 13.5. The standard InChI is InChI=1S/C6H8N2O2S.C5H7NS.Ag/c7-5-1-3-6(4-2-5)11(8,9)10;1-4-3-7-5(2)6-4;/h1-4H,7H2,(H2,8,9,10);3H,1-2H3;. The van der Waals surface area contributed by atoms with Crippen molar-refractivity contribution in [3.63, 3.8) is 0 Å². The summed E-state index contributed by atoms with van der Waals surface area (Å²) in [5.41, 5.74) is 6.97. The first-order valence-corrected chi connectivity index (χ1v) is 7.48. The Morgan fingerprint density at radius 2 is 1.68 bits per heavy atom. The van der Waals surface area contributed by atoms with E-state index in [9.17, 15) is 8.42 Å². The fourth-order valence-corrected chi connectivity index (χ4v) is 2.24. The molecular formula is C11H15AgN3O2S2. The minimum Gasteiger partial charge on any atom is -0.399 e. The molecule has 5 nitrogen and oxygen atoms in total. The molecule has 8 heteroatoms. The number of thiazole rings is 1. The molecule has 1 aromatic heterocycles. The summed E-state index contributed by atoms with van der Waals surface area (Å²) in [5.74, 6) is 0. The smallest absolute Gasteiger partial charge is 0.238 e. The van der Waals surface area contributed by atoms with E-state index in [0.29, 0.717) is 5.69 Å². The van der Waals surface area contributed by atoms with Crippen LogP contribution in [0.3, 0.4) is 0 Å². The number of hydrogen-bond acceptors (Lipinski definition) is 5. The minimum atomic E-state index is -3.58. The molecule has 2 aromatic rings. The maximum Gasteiger partial charge on any atom is 0.238 e. The van der Waals surface area contributed by atoms with Gasteiger partial charge in [0.1, 0.15) is 0 Å². The number of anilines is 1. The van der Waals surface area contributed by atoms with Crippen molar-refractivity contribution in [1.82, 2.24) is 4.98 Å². The number of rotatable bonds is 1. The Bertz CT molecular complexity index is 593. The van der Waals surface area contributed by atoms with E-state index in [1.54, 1.807) is 11.3 Å². The normalized spacial score (nSPS) is 10.1. The first kappa shape index (κ1) is 18.3. The van der Waals surface area contributed by atoms with Crippen molar-refractivity contribution in [2.45, 2.75) is 18.7 Å². The SMILES string of the molecule is Cc1csc(C)n1.Nc1ccc(S(N)(=O)=O)cc1.[Ag]. The van der Waals surface area contributed by atoms with Crippen LogP contribution in [-0.2, 0) is 32.4 Å². The summed E-state index contributed by atoms with van der Waals surface area (Å²) in [6.07, 6.45) is 0. The summed E-state index contributed by atoms with van der Waals surface area (Å²) in [4.78, 5) is 4.21. The van der Waals surface area contributed by atoms with Crippen LogP contribution in [0.2, 0.25) is 0 Å². The van der Waals surface area contributed by atoms with Crippen LogP contribution in [0.4, 0.5) is 5.69 Å². The number of sulfonamides is 1. The van der Waals surface area contributed by atoms with Crippen LogP contribution in [0.5, 0.6) is 0 Å². The molecule has 1 heterocycles. The molecule has 0 aliphatic rings. The van der Waals surface area contributed by atoms with E-state index in [4.69, 9.17) is 10.9 Å². The molecule has 4 N–H and O–H groups in total. The van der Waals surface area contributed by atoms with Crippen LogP contribution in [0.1, 0.15) is 10.7 Å². The van der Waals surface area contributed by atoms with Gasteiger partial charge in [-0.3, -0.25) is 0 Å². The van der Waals surface area contributed by atoms with Gasteiger partial charge in [0.05, 0.1) is 9.90 Å². The summed E-state index contributed by atoms with van der Waals surface area (Å²) in [5, 5.41) is 8.04. The molecule has 0 amide bonds. The predicted octanol–water partition coefficient (Wildman–Crippen LogP) is 1.67. The zero-order chi connectivity index (χ0) is 13.8. The number of nitrogen functional groups attached to an aromatic ring is 1. The number of primary sulfonamides is 1. The molecule has 0 aliphatic carbocycles. The molecule has 0 fully saturated rings. The molecule has 109 valence electrons. The second-order valence-electron chi connectivity index (χ2n) is 3.62. The monoisotopic (exact) mass is 392 g/mol. The zero-order valence-electron chi connectivity index (χ0n) is 10.4. The van der Waals surface area contributed by atoms with Crippen molar-refractivity contribution in [2.75, 3.05) is 5.73 Å². The number of aryl methyl sites for hydroxylation is 2. The maximum atomic E-state index is 10.7. The van der Waals surface area contributed by atoms with Gasteiger partial charge < -0.3 is 5.73 Å². The number of benzene rings is 1. The van der Waals surface area contributed by atoms with Crippen LogP contribution < -0.4 is 10.9 Å². The van der Waals surface area contributed by atoms with E-state index in [2.05, 4.69) is 10.4 Å². The van der Waals surface area contributed by atoms with Gasteiger partial charge in [-0.1, -0.05) is 0 Å². The number of hydrogen-bond donors (Lipinski definition) is 2. The summed E-state index contributed by atoms with van der Waals surface area (Å²) < 4.78 is 21.4. The Kier molecular flexibility index (Phi) is 7.50. The first-order chi connectivity index (χ1) is 8.29. The van der Waals surface area contributed by atoms with Crippen molar-refractivity contribution in [2.24, 2.45) is 5.14 Å². The quantitative estimate of drug-likeness (QED) is 0.569. The molecule has 0 spiro atoms. The average Bonchev–Trinajstić information content (AvgIpc) is 2.62. The molecule has 2 rings (SSSR count). The fraction of sp³-hybridized carbons (Fsp3) is 0.182. The minimum absolute atomic E-state index is 0. The van der Waals surface area contributed by atoms with Crippen LogP contribution in [-0.4, -0.2) is 13.4 Å². The van der Waals surface area contributed by atoms with Gasteiger partial charge in [0.15, 0.2) is 0 Å². The second-order valence-corrected chi connectivity index (χ2v) is 6.25. The predicted molar refractivity (Wildman–Crippen MR) is 73.8 cm³/mol. The number of nitrogens with two attached hydrogens (primary N) is 2. The van der Waals surface area contributed by atoms with Crippen molar-refractivity contribution >= 4 is 27.0 Å². The van der Waals surface area contributed by atoms with Crippen molar-refractivity contribution in [3.8, 4) is 0 Å². The summed E-state index contributed by atoms with van der Waals surface area (Å²) in [7, 11) is -3.58. The molecule has 0 aliphatic heterocycles. The van der Waals surface area contributed by atoms with Crippen molar-refractivity contribution < 1.29 is 30.8 Å². The average molecular weight is 393 g/mol. The van der Waals surface area contributed by atoms with Gasteiger partial charge in [-0.05, 0) is 38.1 Å². The molecule has 19 heavy (non-hydrogen) atoms. The van der Waals surface area contributed by atoms with Crippen molar-refractivity contribution in [1.29, 1.82) is 0 Å². The van der Waals surface area contributed by atoms with E-state index in [1.165, 1.54) is 24.3 Å². The molecule has 1 aromatic carbocycles. The Balaban J connectivity index is 0.000000352. The first-order valence-electron chi connectivity index (χ1n) is 5.06. The summed E-state index contributed by atoms with van der Waals surface area (Å²) >= 11 is 1.69. The second kappa shape index (κ2) is 7.78. The van der Waals surface area contributed by atoms with Gasteiger partial charge in [0.2, 0.25) is 10.0 Å². The number of aromatic nitrogens is 1. The number of nitrogens with zero attached hydrogens (tertiary/aromatic N) is 1. The summed E-state index contributed by atoms with van der Waals surface area (Å²) in [6.45, 7) is 4.02. The molecular weight excluding hydrogens is 378 g/mol. The Hall–Kier alpha value is -0.700. The van der Waals surface area contributed by atoms with Gasteiger partial charge >= 0.3 is 0 Å². The van der Waals surface area contributed by atoms with Crippen molar-refractivity contribution in [3.05, 3.63) is 40.3 Å². The summed E-state index contributed by atoms with van der Waals surface area (Å²) in [6, 6.07) is 5.70. The third-order valence-electron chi connectivity index (χ3n) is 1.94. The van der Waals surface area contributed by atoms with Gasteiger partial charge in [-0.15, -0.1) is 11.3 Å². The molecule has 0 saturated carbocycles. The maximum absolute atomic E-state index is 10.7.